The molecule has 1 aromatic heterocycles. The van der Waals surface area contributed by atoms with Crippen molar-refractivity contribution in [2.75, 3.05) is 6.54 Å². The maximum absolute atomic E-state index is 12.1. The van der Waals surface area contributed by atoms with Crippen LogP contribution in [0, 0.1) is 11.3 Å². The number of nitriles is 1. The normalized spacial score (nSPS) is 11.1. The summed E-state index contributed by atoms with van der Waals surface area (Å²) in [6.45, 7) is 0.292. The molecule has 0 saturated carbocycles. The van der Waals surface area contributed by atoms with Gasteiger partial charge >= 0.3 is 0 Å². The fourth-order valence-electron chi connectivity index (χ4n) is 1.71. The van der Waals surface area contributed by atoms with Gasteiger partial charge in [-0.15, -0.1) is 0 Å². The van der Waals surface area contributed by atoms with Crippen LogP contribution in [-0.4, -0.2) is 19.9 Å². The predicted molar refractivity (Wildman–Crippen MR) is 70.8 cm³/mol. The van der Waals surface area contributed by atoms with Crippen LogP contribution in [0.3, 0.4) is 0 Å². The average molecular weight is 275 g/mol. The topological polar surface area (TPSA) is 85.8 Å². The van der Waals surface area contributed by atoms with E-state index in [1.807, 2.05) is 18.3 Å². The first-order valence-electron chi connectivity index (χ1n) is 5.74. The van der Waals surface area contributed by atoms with Crippen molar-refractivity contribution in [1.82, 2.24) is 9.71 Å². The highest BCUT2D eigenvalue weighted by Gasteiger charge is 2.17. The Balaban J connectivity index is 2.08. The minimum atomic E-state index is -3.64. The fraction of sp³-hybridized carbons (Fsp3) is 0.154. The van der Waals surface area contributed by atoms with Gasteiger partial charge in [0.25, 0.3) is 0 Å². The second kappa shape index (κ2) is 5.69. The van der Waals surface area contributed by atoms with E-state index in [9.17, 15) is 8.42 Å². The van der Waals surface area contributed by atoms with Crippen molar-refractivity contribution in [3.63, 3.8) is 0 Å². The first kappa shape index (κ1) is 13.3. The number of rotatable bonds is 5. The average Bonchev–Trinajstić information content (AvgIpc) is 2.91. The number of nitrogens with one attached hydrogen (secondary N) is 2. The summed E-state index contributed by atoms with van der Waals surface area (Å²) in [7, 11) is -3.64. The van der Waals surface area contributed by atoms with Crippen molar-refractivity contribution in [3.8, 4) is 6.07 Å². The zero-order valence-corrected chi connectivity index (χ0v) is 10.9. The maximum Gasteiger partial charge on any atom is 0.241 e. The van der Waals surface area contributed by atoms with Gasteiger partial charge in [-0.25, -0.2) is 13.1 Å². The standard InChI is InChI=1S/C13H13N3O2S/c14-9-12-3-1-2-4-13(12)19(17,18)16-8-6-11-5-7-15-10-11/h1-5,7,10,15-16H,6,8H2. The van der Waals surface area contributed by atoms with Gasteiger partial charge in [-0.2, -0.15) is 5.26 Å². The van der Waals surface area contributed by atoms with Crippen LogP contribution >= 0.6 is 0 Å². The summed E-state index contributed by atoms with van der Waals surface area (Å²) in [5, 5.41) is 8.91. The molecule has 98 valence electrons. The summed E-state index contributed by atoms with van der Waals surface area (Å²) in [5.41, 5.74) is 1.17. The Labute approximate surface area is 111 Å². The molecule has 0 amide bonds. The number of aromatic nitrogens is 1. The van der Waals surface area contributed by atoms with Gasteiger partial charge in [0.05, 0.1) is 10.5 Å². The molecule has 2 rings (SSSR count). The zero-order chi connectivity index (χ0) is 13.7. The van der Waals surface area contributed by atoms with Crippen molar-refractivity contribution in [2.24, 2.45) is 0 Å². The number of sulfonamides is 1. The zero-order valence-electron chi connectivity index (χ0n) is 10.1. The molecule has 5 nitrogen and oxygen atoms in total. The van der Waals surface area contributed by atoms with Crippen LogP contribution in [0.2, 0.25) is 0 Å². The van der Waals surface area contributed by atoms with Crippen molar-refractivity contribution >= 4 is 10.0 Å². The maximum atomic E-state index is 12.1. The van der Waals surface area contributed by atoms with E-state index in [0.29, 0.717) is 13.0 Å². The molecule has 6 heteroatoms. The van der Waals surface area contributed by atoms with Crippen molar-refractivity contribution < 1.29 is 8.42 Å². The molecular formula is C13H13N3O2S. The van der Waals surface area contributed by atoms with Crippen molar-refractivity contribution in [1.29, 1.82) is 5.26 Å². The number of benzene rings is 1. The van der Waals surface area contributed by atoms with Crippen LogP contribution < -0.4 is 4.72 Å². The lowest BCUT2D eigenvalue weighted by molar-refractivity contribution is 0.581. The second-order valence-corrected chi connectivity index (χ2v) is 5.71. The van der Waals surface area contributed by atoms with E-state index in [2.05, 4.69) is 9.71 Å². The molecular weight excluding hydrogens is 262 g/mol. The molecule has 0 spiro atoms. The first-order chi connectivity index (χ1) is 9.13. The van der Waals surface area contributed by atoms with Crippen LogP contribution in [0.4, 0.5) is 0 Å². The second-order valence-electron chi connectivity index (χ2n) is 3.97. The lowest BCUT2D eigenvalue weighted by atomic mass is 10.2. The highest BCUT2D eigenvalue weighted by molar-refractivity contribution is 7.89. The van der Waals surface area contributed by atoms with Crippen LogP contribution in [0.25, 0.3) is 0 Å². The third-order valence-corrected chi connectivity index (χ3v) is 4.18. The van der Waals surface area contributed by atoms with Gasteiger partial charge in [-0.05, 0) is 30.2 Å². The van der Waals surface area contributed by atoms with E-state index < -0.39 is 10.0 Å². The van der Waals surface area contributed by atoms with Gasteiger partial charge in [-0.3, -0.25) is 0 Å². The monoisotopic (exact) mass is 275 g/mol. The Hall–Kier alpha value is -2.10. The lowest BCUT2D eigenvalue weighted by Gasteiger charge is -2.07. The summed E-state index contributed by atoms with van der Waals surface area (Å²) in [6, 6.07) is 9.92. The number of nitrogens with zero attached hydrogens (tertiary/aromatic N) is 1. The Morgan fingerprint density at radius 1 is 1.26 bits per heavy atom. The highest BCUT2D eigenvalue weighted by atomic mass is 32.2. The van der Waals surface area contributed by atoms with Gasteiger partial charge in [0.1, 0.15) is 6.07 Å². The number of hydrogen-bond acceptors (Lipinski definition) is 3. The summed E-state index contributed by atoms with van der Waals surface area (Å²) >= 11 is 0. The van der Waals surface area contributed by atoms with Crippen molar-refractivity contribution in [2.45, 2.75) is 11.3 Å². The van der Waals surface area contributed by atoms with Crippen LogP contribution in [0.1, 0.15) is 11.1 Å². The van der Waals surface area contributed by atoms with Gasteiger partial charge in [0.15, 0.2) is 0 Å². The first-order valence-corrected chi connectivity index (χ1v) is 7.22. The molecule has 1 heterocycles. The molecule has 0 aliphatic carbocycles. The quantitative estimate of drug-likeness (QED) is 0.865. The third-order valence-electron chi connectivity index (χ3n) is 2.67. The molecule has 19 heavy (non-hydrogen) atoms. The minimum absolute atomic E-state index is 0.0200. The minimum Gasteiger partial charge on any atom is -0.367 e. The fourth-order valence-corrected chi connectivity index (χ4v) is 2.90. The number of aromatic amines is 1. The van der Waals surface area contributed by atoms with Gasteiger partial charge < -0.3 is 4.98 Å². The van der Waals surface area contributed by atoms with Crippen LogP contribution in [0.5, 0.6) is 0 Å². The molecule has 0 atom stereocenters. The molecule has 0 fully saturated rings. The van der Waals surface area contributed by atoms with E-state index in [4.69, 9.17) is 5.26 Å². The Kier molecular flexibility index (Phi) is 4.00. The molecule has 1 aromatic carbocycles. The molecule has 2 N–H and O–H groups in total. The van der Waals surface area contributed by atoms with E-state index in [1.165, 1.54) is 12.1 Å². The van der Waals surface area contributed by atoms with Crippen LogP contribution in [0.15, 0.2) is 47.6 Å². The van der Waals surface area contributed by atoms with E-state index >= 15 is 0 Å². The van der Waals surface area contributed by atoms with Gasteiger partial charge in [0.2, 0.25) is 10.0 Å². The van der Waals surface area contributed by atoms with E-state index in [1.54, 1.807) is 18.3 Å². The molecule has 0 aliphatic heterocycles. The summed E-state index contributed by atoms with van der Waals surface area (Å²) < 4.78 is 26.6. The van der Waals surface area contributed by atoms with Crippen LogP contribution in [-0.2, 0) is 16.4 Å². The Bertz CT molecular complexity index is 685. The molecule has 0 saturated heterocycles. The highest BCUT2D eigenvalue weighted by Crippen LogP contribution is 2.13. The SMILES string of the molecule is N#Cc1ccccc1S(=O)(=O)NCCc1cc[nH]c1. The van der Waals surface area contributed by atoms with Gasteiger partial charge in [0, 0.05) is 18.9 Å². The molecule has 0 radical (unpaired) electrons. The summed E-state index contributed by atoms with van der Waals surface area (Å²) in [5.74, 6) is 0. The molecule has 0 unspecified atom stereocenters. The molecule has 2 aromatic rings. The van der Waals surface area contributed by atoms with Crippen molar-refractivity contribution in [3.05, 3.63) is 53.9 Å². The summed E-state index contributed by atoms with van der Waals surface area (Å²) in [4.78, 5) is 2.93. The number of H-pyrrole nitrogens is 1. The molecule has 0 bridgehead atoms. The van der Waals surface area contributed by atoms with Gasteiger partial charge in [-0.1, -0.05) is 12.1 Å². The lowest BCUT2D eigenvalue weighted by Crippen LogP contribution is -2.26. The predicted octanol–water partition coefficient (Wildman–Crippen LogP) is 1.41. The Morgan fingerprint density at radius 3 is 2.74 bits per heavy atom. The summed E-state index contributed by atoms with van der Waals surface area (Å²) in [6.07, 6.45) is 4.20. The smallest absolute Gasteiger partial charge is 0.241 e. The van der Waals surface area contributed by atoms with E-state index in [-0.39, 0.29) is 10.5 Å². The molecule has 0 aliphatic rings. The largest absolute Gasteiger partial charge is 0.367 e. The third kappa shape index (κ3) is 3.22. The Morgan fingerprint density at radius 2 is 2.05 bits per heavy atom. The number of hydrogen-bond donors (Lipinski definition) is 2. The van der Waals surface area contributed by atoms with E-state index in [0.717, 1.165) is 5.56 Å².